The van der Waals surface area contributed by atoms with E-state index >= 15 is 0 Å². The lowest BCUT2D eigenvalue weighted by atomic mass is 10.1. The molecule has 0 aliphatic rings. The minimum absolute atomic E-state index is 0.197. The third-order valence-electron chi connectivity index (χ3n) is 5.34. The molecule has 0 radical (unpaired) electrons. The van der Waals surface area contributed by atoms with Crippen LogP contribution in [0.1, 0.15) is 21.7 Å². The second kappa shape index (κ2) is 7.44. The number of nitrogens with one attached hydrogen (secondary N) is 1. The smallest absolute Gasteiger partial charge is 0.291 e. The Labute approximate surface area is 181 Å². The van der Waals surface area contributed by atoms with Gasteiger partial charge >= 0.3 is 0 Å². The molecule has 0 aliphatic carbocycles. The van der Waals surface area contributed by atoms with Gasteiger partial charge in [0.25, 0.3) is 5.56 Å². The molecule has 5 aromatic rings. The normalized spacial score (nSPS) is 11.4. The van der Waals surface area contributed by atoms with Crippen molar-refractivity contribution in [3.8, 4) is 0 Å². The fraction of sp³-hybridized carbons (Fsp3) is 0.136. The molecule has 3 N–H and O–H groups in total. The highest BCUT2D eigenvalue weighted by Gasteiger charge is 2.19. The predicted octanol–water partition coefficient (Wildman–Crippen LogP) is 2.96. The molecule has 0 unspecified atom stereocenters. The van der Waals surface area contributed by atoms with E-state index < -0.39 is 0 Å². The number of nitrogens with zero attached hydrogens (tertiary/aromatic N) is 5. The van der Waals surface area contributed by atoms with E-state index in [1.165, 1.54) is 10.9 Å². The van der Waals surface area contributed by atoms with Crippen LogP contribution in [-0.2, 0) is 20.0 Å². The number of rotatable bonds is 5. The summed E-state index contributed by atoms with van der Waals surface area (Å²) in [4.78, 5) is 22.2. The molecule has 0 fully saturated rings. The largest absolute Gasteiger partial charge is 0.398 e. The van der Waals surface area contributed by atoms with Crippen molar-refractivity contribution in [1.29, 1.82) is 5.41 Å². The van der Waals surface area contributed by atoms with Gasteiger partial charge < -0.3 is 15.7 Å². The number of pyridine rings is 1. The van der Waals surface area contributed by atoms with Gasteiger partial charge in [0.15, 0.2) is 5.65 Å². The van der Waals surface area contributed by atoms with Crippen molar-refractivity contribution in [1.82, 2.24) is 24.3 Å². The molecule has 0 aliphatic heterocycles. The molecular formula is C22H19N7OS. The molecule has 0 spiro atoms. The van der Waals surface area contributed by atoms with Crippen molar-refractivity contribution in [3.63, 3.8) is 0 Å². The van der Waals surface area contributed by atoms with Crippen molar-refractivity contribution < 1.29 is 0 Å². The zero-order valence-corrected chi connectivity index (χ0v) is 17.6. The zero-order valence-electron chi connectivity index (χ0n) is 16.7. The number of aryl methyl sites for hydroxylation is 1. The first-order chi connectivity index (χ1) is 15.1. The first kappa shape index (κ1) is 19.1. The van der Waals surface area contributed by atoms with E-state index in [2.05, 4.69) is 10.1 Å². The lowest BCUT2D eigenvalue weighted by Crippen LogP contribution is -2.25. The summed E-state index contributed by atoms with van der Waals surface area (Å²) in [6.07, 6.45) is 7.22. The number of nitrogens with two attached hydrogens (primary N) is 1. The van der Waals surface area contributed by atoms with Crippen LogP contribution in [0.3, 0.4) is 0 Å². The van der Waals surface area contributed by atoms with Gasteiger partial charge in [-0.2, -0.15) is 5.10 Å². The maximum absolute atomic E-state index is 13.2. The Balaban J connectivity index is 1.58. The van der Waals surface area contributed by atoms with Gasteiger partial charge in [0.05, 0.1) is 17.4 Å². The molecule has 0 bridgehead atoms. The van der Waals surface area contributed by atoms with Crippen LogP contribution in [-0.4, -0.2) is 30.5 Å². The number of hydrogen-bond donors (Lipinski definition) is 2. The van der Waals surface area contributed by atoms with Crippen LogP contribution in [0.5, 0.6) is 0 Å². The van der Waals surface area contributed by atoms with Crippen LogP contribution in [0.25, 0.3) is 21.3 Å². The molecule has 0 saturated carbocycles. The van der Waals surface area contributed by atoms with Crippen molar-refractivity contribution >= 4 is 44.5 Å². The van der Waals surface area contributed by atoms with Crippen LogP contribution < -0.4 is 11.3 Å². The highest BCUT2D eigenvalue weighted by atomic mass is 32.1. The van der Waals surface area contributed by atoms with Gasteiger partial charge in [-0.05, 0) is 23.3 Å². The molecule has 4 heterocycles. The second-order valence-electron chi connectivity index (χ2n) is 7.29. The fourth-order valence-electron chi connectivity index (χ4n) is 3.81. The Morgan fingerprint density at radius 2 is 2.10 bits per heavy atom. The molecule has 4 aromatic heterocycles. The van der Waals surface area contributed by atoms with Crippen molar-refractivity contribution in [2.24, 2.45) is 7.05 Å². The Morgan fingerprint density at radius 1 is 1.23 bits per heavy atom. The van der Waals surface area contributed by atoms with Crippen molar-refractivity contribution in [3.05, 3.63) is 81.0 Å². The average Bonchev–Trinajstić information content (AvgIpc) is 3.29. The van der Waals surface area contributed by atoms with Gasteiger partial charge in [0.2, 0.25) is 0 Å². The summed E-state index contributed by atoms with van der Waals surface area (Å²) in [6, 6.07) is 9.34. The van der Waals surface area contributed by atoms with E-state index in [1.807, 2.05) is 42.1 Å². The maximum atomic E-state index is 13.2. The molecule has 8 nitrogen and oxygen atoms in total. The van der Waals surface area contributed by atoms with Gasteiger partial charge in [0, 0.05) is 48.7 Å². The quantitative estimate of drug-likeness (QED) is 0.329. The standard InChI is InChI=1S/C22H19N7OS/c1-28-19-16(20-21(28)27-18(31-20)8-13-4-3-7-25-10-13)11-26-29(22(19)30)12-14-5-2-6-17(24)15(14)9-23/h2-7,9-11,23H,8,12,24H2,1H3. The van der Waals surface area contributed by atoms with Gasteiger partial charge in [-0.25, -0.2) is 9.67 Å². The summed E-state index contributed by atoms with van der Waals surface area (Å²) in [5.41, 5.74) is 10.1. The molecule has 0 atom stereocenters. The molecule has 1 aromatic carbocycles. The van der Waals surface area contributed by atoms with E-state index in [4.69, 9.17) is 16.1 Å². The third-order valence-corrected chi connectivity index (χ3v) is 6.42. The summed E-state index contributed by atoms with van der Waals surface area (Å²) in [5.74, 6) is 0. The summed E-state index contributed by atoms with van der Waals surface area (Å²) in [5, 5.41) is 13.8. The lowest BCUT2D eigenvalue weighted by Gasteiger charge is -2.10. The number of fused-ring (bicyclic) bond motifs is 3. The highest BCUT2D eigenvalue weighted by molar-refractivity contribution is 7.19. The Hall–Kier alpha value is -3.85. The number of hydrogen-bond acceptors (Lipinski definition) is 7. The van der Waals surface area contributed by atoms with Gasteiger partial charge in [-0.3, -0.25) is 9.78 Å². The summed E-state index contributed by atoms with van der Waals surface area (Å²) in [7, 11) is 1.85. The zero-order chi connectivity index (χ0) is 21.5. The van der Waals surface area contributed by atoms with Gasteiger partial charge in [-0.1, -0.05) is 18.2 Å². The highest BCUT2D eigenvalue weighted by Crippen LogP contribution is 2.31. The molecule has 5 rings (SSSR count). The lowest BCUT2D eigenvalue weighted by molar-refractivity contribution is 0.644. The Bertz CT molecular complexity index is 1500. The Kier molecular flexibility index (Phi) is 4.59. The topological polar surface area (TPSA) is 115 Å². The minimum Gasteiger partial charge on any atom is -0.398 e. The monoisotopic (exact) mass is 429 g/mol. The van der Waals surface area contributed by atoms with Crippen LogP contribution >= 0.6 is 11.3 Å². The van der Waals surface area contributed by atoms with Crippen molar-refractivity contribution in [2.75, 3.05) is 5.73 Å². The molecule has 0 amide bonds. The minimum atomic E-state index is -0.197. The Morgan fingerprint density at radius 3 is 2.87 bits per heavy atom. The van der Waals surface area contributed by atoms with E-state index in [-0.39, 0.29) is 12.1 Å². The first-order valence-corrected chi connectivity index (χ1v) is 10.5. The molecule has 0 saturated heterocycles. The van der Waals surface area contributed by atoms with Crippen LogP contribution in [0.15, 0.2) is 53.7 Å². The maximum Gasteiger partial charge on any atom is 0.291 e. The van der Waals surface area contributed by atoms with Gasteiger partial charge in [0.1, 0.15) is 10.5 Å². The predicted molar refractivity (Wildman–Crippen MR) is 123 cm³/mol. The number of nitrogen functional groups attached to an aromatic ring is 1. The first-order valence-electron chi connectivity index (χ1n) is 9.67. The van der Waals surface area contributed by atoms with E-state index in [1.54, 1.807) is 29.8 Å². The number of anilines is 1. The number of benzene rings is 1. The fourth-order valence-corrected chi connectivity index (χ4v) is 4.95. The second-order valence-corrected chi connectivity index (χ2v) is 8.38. The van der Waals surface area contributed by atoms with E-state index in [9.17, 15) is 4.79 Å². The molecule has 31 heavy (non-hydrogen) atoms. The van der Waals surface area contributed by atoms with Crippen molar-refractivity contribution in [2.45, 2.75) is 13.0 Å². The van der Waals surface area contributed by atoms with E-state index in [0.29, 0.717) is 23.2 Å². The van der Waals surface area contributed by atoms with Crippen LogP contribution in [0.4, 0.5) is 5.69 Å². The molecule has 154 valence electrons. The summed E-state index contributed by atoms with van der Waals surface area (Å²) in [6.45, 7) is 0.239. The van der Waals surface area contributed by atoms with Gasteiger partial charge in [-0.15, -0.1) is 11.3 Å². The molecular weight excluding hydrogens is 410 g/mol. The van der Waals surface area contributed by atoms with E-state index in [0.717, 1.165) is 31.9 Å². The molecule has 9 heteroatoms. The summed E-state index contributed by atoms with van der Waals surface area (Å²) < 4.78 is 4.20. The average molecular weight is 430 g/mol. The number of thiazole rings is 1. The summed E-state index contributed by atoms with van der Waals surface area (Å²) >= 11 is 1.57. The number of aromatic nitrogens is 5. The van der Waals surface area contributed by atoms with Crippen LogP contribution in [0.2, 0.25) is 0 Å². The third kappa shape index (κ3) is 3.19. The SMILES string of the molecule is Cn1c2nc(Cc3cccnc3)sc2c2cnn(Cc3cccc(N)c3C=N)c(=O)c21. The van der Waals surface area contributed by atoms with Crippen LogP contribution in [0, 0.1) is 5.41 Å².